The smallest absolute Gasteiger partial charge is 0.372 e. The van der Waals surface area contributed by atoms with Crippen LogP contribution in [0.2, 0.25) is 0 Å². The minimum atomic E-state index is -4.38. The van der Waals surface area contributed by atoms with E-state index in [-0.39, 0.29) is 18.3 Å². The number of rotatable bonds is 6. The van der Waals surface area contributed by atoms with Crippen LogP contribution in [-0.4, -0.2) is 33.6 Å². The predicted octanol–water partition coefficient (Wildman–Crippen LogP) is 2.16. The molecule has 0 aromatic rings. The lowest BCUT2D eigenvalue weighted by Crippen LogP contribution is -2.24. The van der Waals surface area contributed by atoms with Crippen LogP contribution in [0.5, 0.6) is 0 Å². The Kier molecular flexibility index (Phi) is 4.48. The van der Waals surface area contributed by atoms with E-state index in [1.165, 1.54) is 0 Å². The monoisotopic (exact) mass is 280 g/mol. The molecule has 3 nitrogen and oxygen atoms in total. The van der Waals surface area contributed by atoms with Crippen LogP contribution in [0.1, 0.15) is 12.8 Å². The molecule has 1 saturated carbocycles. The largest absolute Gasteiger partial charge is 0.411 e. The van der Waals surface area contributed by atoms with E-state index in [0.717, 1.165) is 12.8 Å². The van der Waals surface area contributed by atoms with Crippen molar-refractivity contribution in [2.24, 2.45) is 11.8 Å². The van der Waals surface area contributed by atoms with Gasteiger partial charge in [-0.2, -0.15) is 13.2 Å². The quantitative estimate of drug-likeness (QED) is 0.700. The second kappa shape index (κ2) is 5.10. The van der Waals surface area contributed by atoms with Gasteiger partial charge in [0.1, 0.15) is 6.61 Å². The first kappa shape index (κ1) is 14.1. The summed E-state index contributed by atoms with van der Waals surface area (Å²) in [6.07, 6.45) is -2.73. The van der Waals surface area contributed by atoms with E-state index >= 15 is 0 Å². The minimum absolute atomic E-state index is 0.127. The van der Waals surface area contributed by atoms with Gasteiger partial charge < -0.3 is 4.74 Å². The van der Waals surface area contributed by atoms with Gasteiger partial charge in [0.15, 0.2) is 0 Å². The van der Waals surface area contributed by atoms with Gasteiger partial charge in [-0.1, -0.05) is 0 Å². The molecule has 1 aliphatic carbocycles. The Hall–Kier alpha value is -0.0100. The maximum atomic E-state index is 11.8. The Morgan fingerprint density at radius 1 is 1.38 bits per heavy atom. The first-order valence-electron chi connectivity index (χ1n) is 4.74. The van der Waals surface area contributed by atoms with Gasteiger partial charge in [-0.3, -0.25) is 0 Å². The Morgan fingerprint density at radius 3 is 2.31 bits per heavy atom. The molecule has 0 heterocycles. The van der Waals surface area contributed by atoms with E-state index in [2.05, 4.69) is 4.74 Å². The molecule has 0 saturated heterocycles. The summed E-state index contributed by atoms with van der Waals surface area (Å²) >= 11 is 0. The van der Waals surface area contributed by atoms with Gasteiger partial charge in [0, 0.05) is 16.6 Å². The molecule has 1 fully saturated rings. The van der Waals surface area contributed by atoms with Crippen molar-refractivity contribution in [3.05, 3.63) is 0 Å². The van der Waals surface area contributed by atoms with E-state index in [4.69, 9.17) is 10.7 Å². The van der Waals surface area contributed by atoms with Gasteiger partial charge >= 0.3 is 6.18 Å². The van der Waals surface area contributed by atoms with Crippen LogP contribution in [0.25, 0.3) is 0 Å². The normalized spacial score (nSPS) is 19.8. The summed E-state index contributed by atoms with van der Waals surface area (Å²) in [7, 11) is 1.38. The average molecular weight is 281 g/mol. The fourth-order valence-electron chi connectivity index (χ4n) is 1.47. The van der Waals surface area contributed by atoms with Crippen LogP contribution in [0.15, 0.2) is 0 Å². The molecule has 0 aromatic carbocycles. The fourth-order valence-corrected chi connectivity index (χ4v) is 2.83. The summed E-state index contributed by atoms with van der Waals surface area (Å²) in [6, 6.07) is 0. The molecule has 96 valence electrons. The zero-order valence-corrected chi connectivity index (χ0v) is 9.91. The maximum Gasteiger partial charge on any atom is 0.411 e. The maximum absolute atomic E-state index is 11.8. The van der Waals surface area contributed by atoms with E-state index in [1.54, 1.807) is 0 Å². The molecule has 1 unspecified atom stereocenters. The highest BCUT2D eigenvalue weighted by molar-refractivity contribution is 8.13. The summed E-state index contributed by atoms with van der Waals surface area (Å²) in [5.74, 6) is -0.622. The van der Waals surface area contributed by atoms with Crippen molar-refractivity contribution in [2.45, 2.75) is 19.0 Å². The van der Waals surface area contributed by atoms with Crippen molar-refractivity contribution in [1.82, 2.24) is 0 Å². The average Bonchev–Trinajstić information content (AvgIpc) is 2.78. The number of alkyl halides is 3. The fraction of sp³-hybridized carbons (Fsp3) is 1.00. The molecule has 1 aliphatic rings. The molecule has 0 radical (unpaired) electrons. The van der Waals surface area contributed by atoms with Gasteiger partial charge in [0.05, 0.1) is 12.4 Å². The molecule has 1 rings (SSSR count). The molecule has 16 heavy (non-hydrogen) atoms. The van der Waals surface area contributed by atoms with E-state index in [1.807, 2.05) is 0 Å². The first-order valence-corrected chi connectivity index (χ1v) is 7.22. The third-order valence-electron chi connectivity index (χ3n) is 2.30. The lowest BCUT2D eigenvalue weighted by molar-refractivity contribution is -0.176. The van der Waals surface area contributed by atoms with Gasteiger partial charge in [0.25, 0.3) is 0 Å². The SMILES string of the molecule is O=S(=O)(Cl)CC(COCC(F)(F)F)C1CC1. The molecule has 0 N–H and O–H groups in total. The Balaban J connectivity index is 2.35. The zero-order chi connectivity index (χ0) is 12.4. The summed E-state index contributed by atoms with van der Waals surface area (Å²) in [6.45, 7) is -1.56. The molecular weight excluding hydrogens is 269 g/mol. The van der Waals surface area contributed by atoms with Crippen molar-refractivity contribution < 1.29 is 26.3 Å². The highest BCUT2D eigenvalue weighted by Gasteiger charge is 2.35. The van der Waals surface area contributed by atoms with Gasteiger partial charge in [-0.05, 0) is 18.8 Å². The molecule has 0 aliphatic heterocycles. The molecular formula is C8H12ClF3O3S. The second-order valence-corrected chi connectivity index (χ2v) is 6.75. The molecule has 8 heteroatoms. The molecule has 0 amide bonds. The number of hydrogen-bond acceptors (Lipinski definition) is 3. The molecule has 0 aromatic heterocycles. The summed E-state index contributed by atoms with van der Waals surface area (Å²) < 4.78 is 61.5. The van der Waals surface area contributed by atoms with Gasteiger partial charge in [-0.15, -0.1) is 0 Å². The minimum Gasteiger partial charge on any atom is -0.372 e. The van der Waals surface area contributed by atoms with Crippen LogP contribution < -0.4 is 0 Å². The Bertz CT molecular complexity index is 324. The third kappa shape index (κ3) is 6.55. The number of ether oxygens (including phenoxy) is 1. The highest BCUT2D eigenvalue weighted by atomic mass is 35.7. The summed E-state index contributed by atoms with van der Waals surface area (Å²) in [5, 5.41) is 0. The zero-order valence-electron chi connectivity index (χ0n) is 8.34. The second-order valence-electron chi connectivity index (χ2n) is 3.93. The molecule has 0 spiro atoms. The van der Waals surface area contributed by atoms with Crippen LogP contribution in [-0.2, 0) is 13.8 Å². The van der Waals surface area contributed by atoms with Crippen LogP contribution in [0.4, 0.5) is 13.2 Å². The summed E-state index contributed by atoms with van der Waals surface area (Å²) in [5.41, 5.74) is 0. The van der Waals surface area contributed by atoms with E-state index in [9.17, 15) is 21.6 Å². The van der Waals surface area contributed by atoms with Crippen molar-refractivity contribution in [2.75, 3.05) is 19.0 Å². The summed E-state index contributed by atoms with van der Waals surface area (Å²) in [4.78, 5) is 0. The van der Waals surface area contributed by atoms with E-state index in [0.29, 0.717) is 0 Å². The number of halogens is 4. The highest BCUT2D eigenvalue weighted by Crippen LogP contribution is 2.38. The van der Waals surface area contributed by atoms with Gasteiger partial charge in [-0.25, -0.2) is 8.42 Å². The Morgan fingerprint density at radius 2 is 1.94 bits per heavy atom. The van der Waals surface area contributed by atoms with Crippen LogP contribution in [0, 0.1) is 11.8 Å². The van der Waals surface area contributed by atoms with Crippen LogP contribution in [0.3, 0.4) is 0 Å². The molecule has 0 bridgehead atoms. The third-order valence-corrected chi connectivity index (χ3v) is 3.50. The van der Waals surface area contributed by atoms with Crippen molar-refractivity contribution >= 4 is 19.7 Å². The predicted molar refractivity (Wildman–Crippen MR) is 52.7 cm³/mol. The number of hydrogen-bond donors (Lipinski definition) is 0. The van der Waals surface area contributed by atoms with Crippen molar-refractivity contribution in [3.8, 4) is 0 Å². The molecule has 1 atom stereocenters. The van der Waals surface area contributed by atoms with E-state index < -0.39 is 27.8 Å². The lowest BCUT2D eigenvalue weighted by Gasteiger charge is -2.15. The lowest BCUT2D eigenvalue weighted by atomic mass is 10.1. The van der Waals surface area contributed by atoms with Crippen molar-refractivity contribution in [3.63, 3.8) is 0 Å². The standard InChI is InChI=1S/C8H12ClF3O3S/c9-16(13,14)4-7(6-1-2-6)3-15-5-8(10,11)12/h6-7H,1-5H2. The first-order chi connectivity index (χ1) is 7.17. The Labute approximate surface area is 96.3 Å². The topological polar surface area (TPSA) is 43.4 Å². The van der Waals surface area contributed by atoms with Crippen LogP contribution >= 0.6 is 10.7 Å². The van der Waals surface area contributed by atoms with Crippen molar-refractivity contribution in [1.29, 1.82) is 0 Å². The van der Waals surface area contributed by atoms with Gasteiger partial charge in [0.2, 0.25) is 9.05 Å².